The first-order valence-corrected chi connectivity index (χ1v) is 7.41. The Morgan fingerprint density at radius 1 is 1.52 bits per heavy atom. The Hall–Kier alpha value is -2.76. The van der Waals surface area contributed by atoms with Gasteiger partial charge < -0.3 is 14.8 Å². The molecule has 1 aliphatic rings. The average molecular weight is 310 g/mol. The SMILES string of the molecule is C#CCOc1ccccc1/C=C(\C#N)C(=O)NC[C@@H]1CCCO1. The number of terminal acetylenes is 1. The van der Waals surface area contributed by atoms with Gasteiger partial charge in [-0.1, -0.05) is 24.1 Å². The van der Waals surface area contributed by atoms with Crippen molar-refractivity contribution in [1.82, 2.24) is 5.32 Å². The zero-order valence-electron chi connectivity index (χ0n) is 12.7. The average Bonchev–Trinajstić information content (AvgIpc) is 3.10. The summed E-state index contributed by atoms with van der Waals surface area (Å²) in [6.45, 7) is 1.26. The van der Waals surface area contributed by atoms with Crippen LogP contribution in [0, 0.1) is 23.7 Å². The molecule has 1 fully saturated rings. The first-order valence-electron chi connectivity index (χ1n) is 7.41. The van der Waals surface area contributed by atoms with Crippen LogP contribution in [0.25, 0.3) is 6.08 Å². The monoisotopic (exact) mass is 310 g/mol. The van der Waals surface area contributed by atoms with Crippen molar-refractivity contribution < 1.29 is 14.3 Å². The van der Waals surface area contributed by atoms with E-state index < -0.39 is 5.91 Å². The lowest BCUT2D eigenvalue weighted by molar-refractivity contribution is -0.117. The topological polar surface area (TPSA) is 71.3 Å². The van der Waals surface area contributed by atoms with E-state index in [1.54, 1.807) is 24.3 Å². The molecule has 0 spiro atoms. The number of nitrogens with one attached hydrogen (secondary N) is 1. The van der Waals surface area contributed by atoms with Crippen LogP contribution < -0.4 is 10.1 Å². The van der Waals surface area contributed by atoms with Crippen molar-refractivity contribution >= 4 is 12.0 Å². The van der Waals surface area contributed by atoms with Crippen LogP contribution in [0.1, 0.15) is 18.4 Å². The molecule has 1 atom stereocenters. The van der Waals surface area contributed by atoms with Crippen molar-refractivity contribution in [3.63, 3.8) is 0 Å². The molecule has 1 heterocycles. The van der Waals surface area contributed by atoms with Crippen molar-refractivity contribution in [1.29, 1.82) is 5.26 Å². The van der Waals surface area contributed by atoms with E-state index in [0.717, 1.165) is 19.4 Å². The van der Waals surface area contributed by atoms with Gasteiger partial charge in [-0.2, -0.15) is 5.26 Å². The number of rotatable bonds is 6. The maximum absolute atomic E-state index is 12.1. The van der Waals surface area contributed by atoms with Crippen LogP contribution in [0.3, 0.4) is 0 Å². The molecule has 0 aliphatic carbocycles. The molecule has 2 rings (SSSR count). The summed E-state index contributed by atoms with van der Waals surface area (Å²) in [5.41, 5.74) is 0.645. The molecular weight excluding hydrogens is 292 g/mol. The van der Waals surface area contributed by atoms with E-state index in [4.69, 9.17) is 15.9 Å². The first kappa shape index (κ1) is 16.6. The Labute approximate surface area is 135 Å². The lowest BCUT2D eigenvalue weighted by Gasteiger charge is -2.10. The maximum atomic E-state index is 12.1. The summed E-state index contributed by atoms with van der Waals surface area (Å²) < 4.78 is 10.9. The summed E-state index contributed by atoms with van der Waals surface area (Å²) in [5, 5.41) is 12.0. The number of ether oxygens (including phenoxy) is 2. The van der Waals surface area contributed by atoms with Gasteiger partial charge in [0.15, 0.2) is 0 Å². The number of benzene rings is 1. The minimum absolute atomic E-state index is 0.0137. The van der Waals surface area contributed by atoms with Crippen molar-refractivity contribution in [3.8, 4) is 24.2 Å². The Balaban J connectivity index is 2.07. The molecule has 1 aromatic rings. The largest absolute Gasteiger partial charge is 0.480 e. The van der Waals surface area contributed by atoms with Crippen molar-refractivity contribution in [3.05, 3.63) is 35.4 Å². The summed E-state index contributed by atoms with van der Waals surface area (Å²) in [4.78, 5) is 12.1. The van der Waals surface area contributed by atoms with Crippen LogP contribution in [-0.2, 0) is 9.53 Å². The number of hydrogen-bond acceptors (Lipinski definition) is 4. The number of nitrogens with zero attached hydrogens (tertiary/aromatic N) is 1. The summed E-state index contributed by atoms with van der Waals surface area (Å²) in [6, 6.07) is 9.02. The van der Waals surface area contributed by atoms with E-state index in [9.17, 15) is 10.1 Å². The molecule has 5 heteroatoms. The predicted octanol–water partition coefficient (Wildman–Crippen LogP) is 1.90. The third-order valence-corrected chi connectivity index (χ3v) is 3.41. The highest BCUT2D eigenvalue weighted by atomic mass is 16.5. The molecule has 23 heavy (non-hydrogen) atoms. The highest BCUT2D eigenvalue weighted by Crippen LogP contribution is 2.21. The molecule has 1 aromatic carbocycles. The third kappa shape index (κ3) is 4.88. The Morgan fingerprint density at radius 2 is 2.35 bits per heavy atom. The van der Waals surface area contributed by atoms with Gasteiger partial charge >= 0.3 is 0 Å². The molecule has 1 amide bonds. The van der Waals surface area contributed by atoms with Crippen LogP contribution in [0.15, 0.2) is 29.8 Å². The Bertz CT molecular complexity index is 662. The molecular formula is C18H18N2O3. The lowest BCUT2D eigenvalue weighted by atomic mass is 10.1. The second-order valence-electron chi connectivity index (χ2n) is 5.05. The number of amides is 1. The summed E-state index contributed by atoms with van der Waals surface area (Å²) in [6.07, 6.45) is 8.64. The molecule has 1 saturated heterocycles. The number of carbonyl (C=O) groups excluding carboxylic acids is 1. The third-order valence-electron chi connectivity index (χ3n) is 3.41. The molecule has 0 bridgehead atoms. The second kappa shape index (κ2) is 8.63. The minimum Gasteiger partial charge on any atom is -0.480 e. The van der Waals surface area contributed by atoms with Crippen LogP contribution in [-0.4, -0.2) is 31.8 Å². The lowest BCUT2D eigenvalue weighted by Crippen LogP contribution is -2.32. The van der Waals surface area contributed by atoms with E-state index >= 15 is 0 Å². The highest BCUT2D eigenvalue weighted by Gasteiger charge is 2.17. The highest BCUT2D eigenvalue weighted by molar-refractivity contribution is 6.01. The van der Waals surface area contributed by atoms with E-state index in [-0.39, 0.29) is 18.3 Å². The fraction of sp³-hybridized carbons (Fsp3) is 0.333. The van der Waals surface area contributed by atoms with Gasteiger partial charge in [0.1, 0.15) is 24.0 Å². The summed E-state index contributed by atoms with van der Waals surface area (Å²) >= 11 is 0. The van der Waals surface area contributed by atoms with Crippen molar-refractivity contribution in [2.24, 2.45) is 0 Å². The van der Waals surface area contributed by atoms with Crippen LogP contribution in [0.2, 0.25) is 0 Å². The number of para-hydroxylation sites is 1. The summed E-state index contributed by atoms with van der Waals surface area (Å²) in [5.74, 6) is 2.49. The fourth-order valence-electron chi connectivity index (χ4n) is 2.26. The Kier molecular flexibility index (Phi) is 6.23. The van der Waals surface area contributed by atoms with E-state index in [1.807, 2.05) is 6.07 Å². The minimum atomic E-state index is -0.422. The second-order valence-corrected chi connectivity index (χ2v) is 5.05. The quantitative estimate of drug-likeness (QED) is 0.495. The zero-order valence-corrected chi connectivity index (χ0v) is 12.7. The first-order chi connectivity index (χ1) is 11.2. The van der Waals surface area contributed by atoms with Gasteiger partial charge in [0, 0.05) is 18.7 Å². The van der Waals surface area contributed by atoms with Gasteiger partial charge in [-0.25, -0.2) is 0 Å². The molecule has 118 valence electrons. The zero-order chi connectivity index (χ0) is 16.5. The number of carbonyl (C=O) groups is 1. The van der Waals surface area contributed by atoms with E-state index in [2.05, 4.69) is 11.2 Å². The fourth-order valence-corrected chi connectivity index (χ4v) is 2.26. The van der Waals surface area contributed by atoms with Crippen LogP contribution in [0.4, 0.5) is 0 Å². The van der Waals surface area contributed by atoms with Crippen molar-refractivity contribution in [2.75, 3.05) is 19.8 Å². The van der Waals surface area contributed by atoms with Crippen LogP contribution >= 0.6 is 0 Å². The molecule has 0 radical (unpaired) electrons. The van der Waals surface area contributed by atoms with E-state index in [0.29, 0.717) is 17.9 Å². The van der Waals surface area contributed by atoms with Gasteiger partial charge in [0.2, 0.25) is 0 Å². The van der Waals surface area contributed by atoms with Gasteiger partial charge in [-0.05, 0) is 25.0 Å². The molecule has 0 unspecified atom stereocenters. The molecule has 1 aliphatic heterocycles. The molecule has 1 N–H and O–H groups in total. The number of nitriles is 1. The van der Waals surface area contributed by atoms with Crippen molar-refractivity contribution in [2.45, 2.75) is 18.9 Å². The van der Waals surface area contributed by atoms with Gasteiger partial charge in [-0.3, -0.25) is 4.79 Å². The van der Waals surface area contributed by atoms with Gasteiger partial charge in [-0.15, -0.1) is 6.42 Å². The summed E-state index contributed by atoms with van der Waals surface area (Å²) in [7, 11) is 0. The van der Waals surface area contributed by atoms with E-state index in [1.165, 1.54) is 6.08 Å². The Morgan fingerprint density at radius 3 is 3.04 bits per heavy atom. The van der Waals surface area contributed by atoms with Gasteiger partial charge in [0.05, 0.1) is 6.10 Å². The standard InChI is InChI=1S/C18H18N2O3/c1-2-9-23-17-8-4-3-6-14(17)11-15(12-19)18(21)20-13-16-7-5-10-22-16/h1,3-4,6,8,11,16H,5,7,9-10,13H2,(H,20,21)/b15-11+/t16-/m0/s1. The maximum Gasteiger partial charge on any atom is 0.262 e. The van der Waals surface area contributed by atoms with Crippen LogP contribution in [0.5, 0.6) is 5.75 Å². The van der Waals surface area contributed by atoms with Gasteiger partial charge in [0.25, 0.3) is 5.91 Å². The molecule has 5 nitrogen and oxygen atoms in total. The predicted molar refractivity (Wildman–Crippen MR) is 86.3 cm³/mol. The molecule has 0 aromatic heterocycles. The molecule has 0 saturated carbocycles. The normalized spacial score (nSPS) is 17.1. The smallest absolute Gasteiger partial charge is 0.262 e. The number of hydrogen-bond donors (Lipinski definition) is 1.